The van der Waals surface area contributed by atoms with Gasteiger partial charge in [0.05, 0.1) is 17.3 Å². The predicted molar refractivity (Wildman–Crippen MR) is 126 cm³/mol. The van der Waals surface area contributed by atoms with Crippen molar-refractivity contribution in [3.8, 4) is 0 Å². The number of hydrogen-bond donors (Lipinski definition) is 1. The highest BCUT2D eigenvalue weighted by Gasteiger charge is 2.29. The van der Waals surface area contributed by atoms with E-state index in [1.807, 2.05) is 25.7 Å². The molecule has 3 aromatic rings. The molecule has 1 atom stereocenters. The van der Waals surface area contributed by atoms with Gasteiger partial charge in [0.25, 0.3) is 11.8 Å². The molecule has 7 nitrogen and oxygen atoms in total. The molecule has 0 unspecified atom stereocenters. The summed E-state index contributed by atoms with van der Waals surface area (Å²) in [7, 11) is 0. The van der Waals surface area contributed by atoms with Gasteiger partial charge in [-0.2, -0.15) is 0 Å². The summed E-state index contributed by atoms with van der Waals surface area (Å²) in [4.78, 5) is 38.2. The lowest BCUT2D eigenvalue weighted by atomic mass is 10.0. The summed E-state index contributed by atoms with van der Waals surface area (Å²) in [6.07, 6.45) is 3.11. The average molecular weight is 468 g/mol. The monoisotopic (exact) mass is 467 g/mol. The maximum Gasteiger partial charge on any atom is 0.265 e. The smallest absolute Gasteiger partial charge is 0.265 e. The molecule has 1 aliphatic rings. The van der Waals surface area contributed by atoms with Crippen LogP contribution in [0.3, 0.4) is 0 Å². The molecule has 1 fully saturated rings. The molecule has 1 aliphatic heterocycles. The molecule has 2 aromatic heterocycles. The Balaban J connectivity index is 1.44. The number of amides is 2. The fourth-order valence-electron chi connectivity index (χ4n) is 4.01. The van der Waals surface area contributed by atoms with Gasteiger partial charge in [-0.3, -0.25) is 24.5 Å². The van der Waals surface area contributed by atoms with Crippen LogP contribution in [-0.4, -0.2) is 57.3 Å². The largest absolute Gasteiger partial charge is 0.333 e. The summed E-state index contributed by atoms with van der Waals surface area (Å²) in [6.45, 7) is 8.23. The van der Waals surface area contributed by atoms with E-state index in [2.05, 4.69) is 20.2 Å². The first kappa shape index (κ1) is 23.0. The van der Waals surface area contributed by atoms with E-state index in [0.717, 1.165) is 16.8 Å². The Morgan fingerprint density at radius 1 is 1.21 bits per heavy atom. The second kappa shape index (κ2) is 9.76. The van der Waals surface area contributed by atoms with Gasteiger partial charge in [-0.05, 0) is 56.2 Å². The highest BCUT2D eigenvalue weighted by atomic mass is 32.1. The summed E-state index contributed by atoms with van der Waals surface area (Å²) in [5.74, 6) is -0.729. The van der Waals surface area contributed by atoms with E-state index in [9.17, 15) is 14.0 Å². The zero-order valence-corrected chi connectivity index (χ0v) is 19.7. The number of hydrogen-bond acceptors (Lipinski definition) is 6. The number of carbonyl (C=O) groups is 2. The lowest BCUT2D eigenvalue weighted by Crippen LogP contribution is -2.53. The SMILES string of the molecule is Cc1ccc(C(=O)Nc2cc(F)cc(CN3CCN(C(=O)c4cncs4)[C@@H](C)C3)c2C)cn1. The maximum absolute atomic E-state index is 14.4. The molecule has 1 aromatic carbocycles. The van der Waals surface area contributed by atoms with Crippen LogP contribution in [0.5, 0.6) is 0 Å². The molecule has 0 aliphatic carbocycles. The van der Waals surface area contributed by atoms with E-state index in [1.54, 1.807) is 23.8 Å². The van der Waals surface area contributed by atoms with E-state index < -0.39 is 5.82 Å². The fraction of sp³-hybridized carbons (Fsp3) is 0.333. The Morgan fingerprint density at radius 2 is 2.03 bits per heavy atom. The maximum atomic E-state index is 14.4. The summed E-state index contributed by atoms with van der Waals surface area (Å²) in [6, 6.07) is 6.33. The first-order valence-electron chi connectivity index (χ1n) is 10.8. The molecule has 0 bridgehead atoms. The van der Waals surface area contributed by atoms with E-state index in [1.165, 1.54) is 29.7 Å². The first-order valence-corrected chi connectivity index (χ1v) is 11.6. The van der Waals surface area contributed by atoms with Crippen LogP contribution < -0.4 is 5.32 Å². The zero-order valence-electron chi connectivity index (χ0n) is 18.8. The standard InChI is InChI=1S/C24H26FN5O2S/c1-15-4-5-18(10-27-15)23(31)28-21-9-20(25)8-19(17(21)3)13-29-6-7-30(16(2)12-29)24(32)22-11-26-14-33-22/h4-5,8-11,14,16H,6-7,12-13H2,1-3H3,(H,28,31)/t16-/m0/s1. The Hall–Kier alpha value is -3.17. The second-order valence-electron chi connectivity index (χ2n) is 8.33. The fourth-order valence-corrected chi connectivity index (χ4v) is 4.58. The molecule has 172 valence electrons. The molecule has 0 spiro atoms. The van der Waals surface area contributed by atoms with E-state index in [-0.39, 0.29) is 17.9 Å². The third kappa shape index (κ3) is 5.26. The van der Waals surface area contributed by atoms with Gasteiger partial charge >= 0.3 is 0 Å². The zero-order chi connectivity index (χ0) is 23.5. The van der Waals surface area contributed by atoms with Gasteiger partial charge in [0, 0.05) is 49.8 Å². The molecular formula is C24H26FN5O2S. The Bertz CT molecular complexity index is 1150. The van der Waals surface area contributed by atoms with Crippen LogP contribution in [0.2, 0.25) is 0 Å². The number of carbonyl (C=O) groups excluding carboxylic acids is 2. The molecule has 0 saturated carbocycles. The summed E-state index contributed by atoms with van der Waals surface area (Å²) in [5, 5.41) is 2.82. The number of rotatable bonds is 5. The van der Waals surface area contributed by atoms with Crippen molar-refractivity contribution in [1.29, 1.82) is 0 Å². The van der Waals surface area contributed by atoms with Gasteiger partial charge in [-0.1, -0.05) is 0 Å². The molecule has 1 N–H and O–H groups in total. The van der Waals surface area contributed by atoms with Crippen molar-refractivity contribution in [3.05, 3.63) is 75.2 Å². The minimum atomic E-state index is -0.403. The highest BCUT2D eigenvalue weighted by molar-refractivity contribution is 7.11. The van der Waals surface area contributed by atoms with Crippen molar-refractivity contribution in [3.63, 3.8) is 0 Å². The van der Waals surface area contributed by atoms with Crippen LogP contribution in [-0.2, 0) is 6.54 Å². The minimum Gasteiger partial charge on any atom is -0.333 e. The van der Waals surface area contributed by atoms with Crippen molar-refractivity contribution in [2.24, 2.45) is 0 Å². The van der Waals surface area contributed by atoms with Gasteiger partial charge in [-0.25, -0.2) is 4.39 Å². The van der Waals surface area contributed by atoms with Gasteiger partial charge < -0.3 is 10.2 Å². The van der Waals surface area contributed by atoms with Crippen LogP contribution in [0.25, 0.3) is 0 Å². The third-order valence-corrected chi connectivity index (χ3v) is 6.67. The number of nitrogens with one attached hydrogen (secondary N) is 1. The number of anilines is 1. The van der Waals surface area contributed by atoms with E-state index >= 15 is 0 Å². The predicted octanol–water partition coefficient (Wildman–Crippen LogP) is 3.89. The van der Waals surface area contributed by atoms with Crippen LogP contribution >= 0.6 is 11.3 Å². The summed E-state index contributed by atoms with van der Waals surface area (Å²) in [5.41, 5.74) is 4.97. The van der Waals surface area contributed by atoms with E-state index in [0.29, 0.717) is 42.3 Å². The number of pyridine rings is 1. The molecule has 2 amide bonds. The first-order chi connectivity index (χ1) is 15.8. The number of piperazine rings is 1. The number of benzene rings is 1. The van der Waals surface area contributed by atoms with Crippen molar-refractivity contribution >= 4 is 28.8 Å². The molecule has 1 saturated heterocycles. The molecule has 3 heterocycles. The van der Waals surface area contributed by atoms with E-state index in [4.69, 9.17) is 0 Å². The van der Waals surface area contributed by atoms with Gasteiger partial charge in [0.1, 0.15) is 10.7 Å². The van der Waals surface area contributed by atoms with Crippen molar-refractivity contribution in [1.82, 2.24) is 19.8 Å². The summed E-state index contributed by atoms with van der Waals surface area (Å²) < 4.78 is 14.4. The third-order valence-electron chi connectivity index (χ3n) is 5.91. The number of aromatic nitrogens is 2. The normalized spacial score (nSPS) is 16.6. The Labute approximate surface area is 196 Å². The lowest BCUT2D eigenvalue weighted by Gasteiger charge is -2.40. The van der Waals surface area contributed by atoms with Gasteiger partial charge in [-0.15, -0.1) is 11.3 Å². The van der Waals surface area contributed by atoms with Crippen LogP contribution in [0.15, 0.2) is 42.2 Å². The topological polar surface area (TPSA) is 78.4 Å². The summed E-state index contributed by atoms with van der Waals surface area (Å²) >= 11 is 1.34. The molecular weight excluding hydrogens is 441 g/mol. The lowest BCUT2D eigenvalue weighted by molar-refractivity contribution is 0.0479. The Morgan fingerprint density at radius 3 is 2.70 bits per heavy atom. The van der Waals surface area contributed by atoms with Crippen LogP contribution in [0.1, 0.15) is 43.8 Å². The number of halogens is 1. The van der Waals surface area contributed by atoms with Gasteiger partial charge in [0.2, 0.25) is 0 Å². The van der Waals surface area contributed by atoms with Crippen molar-refractivity contribution in [2.75, 3.05) is 25.0 Å². The molecule has 9 heteroatoms. The van der Waals surface area contributed by atoms with Gasteiger partial charge in [0.15, 0.2) is 0 Å². The second-order valence-corrected chi connectivity index (χ2v) is 9.21. The minimum absolute atomic E-state index is 0.00202. The molecule has 0 radical (unpaired) electrons. The molecule has 4 rings (SSSR count). The molecule has 33 heavy (non-hydrogen) atoms. The number of nitrogens with zero attached hydrogens (tertiary/aromatic N) is 4. The quantitative estimate of drug-likeness (QED) is 0.616. The van der Waals surface area contributed by atoms with Crippen molar-refractivity contribution < 1.29 is 14.0 Å². The van der Waals surface area contributed by atoms with Crippen LogP contribution in [0, 0.1) is 19.7 Å². The van der Waals surface area contributed by atoms with Crippen LogP contribution in [0.4, 0.5) is 10.1 Å². The number of thiazole rings is 1. The average Bonchev–Trinajstić information content (AvgIpc) is 3.32. The number of aryl methyl sites for hydroxylation is 1. The van der Waals surface area contributed by atoms with Crippen molar-refractivity contribution in [2.45, 2.75) is 33.4 Å². The Kier molecular flexibility index (Phi) is 6.80. The highest BCUT2D eigenvalue weighted by Crippen LogP contribution is 2.25.